The molecule has 0 fully saturated rings. The van der Waals surface area contributed by atoms with Crippen molar-refractivity contribution >= 4 is 15.7 Å². The van der Waals surface area contributed by atoms with Gasteiger partial charge in [-0.15, -0.1) is 0 Å². The van der Waals surface area contributed by atoms with E-state index in [0.29, 0.717) is 0 Å². The standard InChI is InChI=1S/C13H12F2N2O2S/c1-20(18,19)11-4-2-9(3-5-11)7-16-13-12(15)6-10(14)8-17-13/h2-6,8H,7H2,1H3,(H,16,17). The molecule has 0 bridgehead atoms. The lowest BCUT2D eigenvalue weighted by Gasteiger charge is -2.07. The molecule has 1 heterocycles. The first-order chi connectivity index (χ1) is 9.36. The van der Waals surface area contributed by atoms with Crippen LogP contribution < -0.4 is 5.32 Å². The van der Waals surface area contributed by atoms with Gasteiger partial charge in [0.1, 0.15) is 5.82 Å². The maximum atomic E-state index is 13.3. The van der Waals surface area contributed by atoms with Crippen molar-refractivity contribution in [3.05, 3.63) is 53.7 Å². The van der Waals surface area contributed by atoms with Gasteiger partial charge in [0.05, 0.1) is 11.1 Å². The van der Waals surface area contributed by atoms with Crippen LogP contribution in [0.4, 0.5) is 14.6 Å². The van der Waals surface area contributed by atoms with Crippen LogP contribution >= 0.6 is 0 Å². The number of nitrogens with zero attached hydrogens (tertiary/aromatic N) is 1. The van der Waals surface area contributed by atoms with Gasteiger partial charge in [0.15, 0.2) is 21.5 Å². The molecule has 1 aromatic carbocycles. The molecule has 106 valence electrons. The van der Waals surface area contributed by atoms with Crippen molar-refractivity contribution in [1.29, 1.82) is 0 Å². The molecule has 0 saturated heterocycles. The highest BCUT2D eigenvalue weighted by Gasteiger charge is 2.07. The highest BCUT2D eigenvalue weighted by atomic mass is 32.2. The van der Waals surface area contributed by atoms with Crippen molar-refractivity contribution in [1.82, 2.24) is 4.98 Å². The molecular weight excluding hydrogens is 286 g/mol. The van der Waals surface area contributed by atoms with E-state index in [9.17, 15) is 17.2 Å². The Morgan fingerprint density at radius 2 is 1.85 bits per heavy atom. The Labute approximate surface area is 115 Å². The number of sulfone groups is 1. The number of halogens is 2. The normalized spacial score (nSPS) is 11.3. The number of nitrogens with one attached hydrogen (secondary N) is 1. The zero-order chi connectivity index (χ0) is 14.8. The van der Waals surface area contributed by atoms with Gasteiger partial charge >= 0.3 is 0 Å². The number of hydrogen-bond donors (Lipinski definition) is 1. The smallest absolute Gasteiger partial charge is 0.175 e. The summed E-state index contributed by atoms with van der Waals surface area (Å²) in [5.74, 6) is -1.58. The van der Waals surface area contributed by atoms with Crippen LogP contribution in [0.2, 0.25) is 0 Å². The first-order valence-electron chi connectivity index (χ1n) is 5.70. The summed E-state index contributed by atoms with van der Waals surface area (Å²) in [6.07, 6.45) is 2.04. The molecule has 0 aliphatic heterocycles. The van der Waals surface area contributed by atoms with Gasteiger partial charge < -0.3 is 5.32 Å². The van der Waals surface area contributed by atoms with Crippen LogP contribution in [0, 0.1) is 11.6 Å². The molecule has 20 heavy (non-hydrogen) atoms. The van der Waals surface area contributed by atoms with Gasteiger partial charge in [-0.05, 0) is 17.7 Å². The predicted octanol–water partition coefficient (Wildman–Crippen LogP) is 2.38. The fourth-order valence-corrected chi connectivity index (χ4v) is 2.22. The van der Waals surface area contributed by atoms with Crippen LogP contribution in [0.15, 0.2) is 41.4 Å². The number of aromatic nitrogens is 1. The van der Waals surface area contributed by atoms with E-state index >= 15 is 0 Å². The molecular formula is C13H12F2N2O2S. The largest absolute Gasteiger partial charge is 0.364 e. The Balaban J connectivity index is 2.08. The molecule has 0 unspecified atom stereocenters. The van der Waals surface area contributed by atoms with Gasteiger partial charge in [-0.1, -0.05) is 12.1 Å². The lowest BCUT2D eigenvalue weighted by molar-refractivity contribution is 0.575. The van der Waals surface area contributed by atoms with E-state index < -0.39 is 21.5 Å². The fraction of sp³-hybridized carbons (Fsp3) is 0.154. The Morgan fingerprint density at radius 3 is 2.40 bits per heavy atom. The molecule has 0 radical (unpaired) electrons. The molecule has 0 aliphatic rings. The van der Waals surface area contributed by atoms with Gasteiger partial charge in [-0.25, -0.2) is 22.2 Å². The molecule has 7 heteroatoms. The number of rotatable bonds is 4. The summed E-state index contributed by atoms with van der Waals surface area (Å²) < 4.78 is 48.6. The van der Waals surface area contributed by atoms with E-state index in [2.05, 4.69) is 10.3 Å². The van der Waals surface area contributed by atoms with E-state index in [-0.39, 0.29) is 17.3 Å². The topological polar surface area (TPSA) is 59.1 Å². The Hall–Kier alpha value is -2.02. The monoisotopic (exact) mass is 298 g/mol. The summed E-state index contributed by atoms with van der Waals surface area (Å²) in [5.41, 5.74) is 0.753. The maximum Gasteiger partial charge on any atom is 0.175 e. The van der Waals surface area contributed by atoms with Crippen LogP contribution in [0.3, 0.4) is 0 Å². The minimum Gasteiger partial charge on any atom is -0.364 e. The molecule has 4 nitrogen and oxygen atoms in total. The Bertz CT molecular complexity index is 716. The third kappa shape index (κ3) is 3.51. The van der Waals surface area contributed by atoms with Crippen molar-refractivity contribution in [3.63, 3.8) is 0 Å². The van der Waals surface area contributed by atoms with Crippen LogP contribution in [-0.4, -0.2) is 19.7 Å². The van der Waals surface area contributed by atoms with E-state index in [1.807, 2.05) is 0 Å². The highest BCUT2D eigenvalue weighted by molar-refractivity contribution is 7.90. The highest BCUT2D eigenvalue weighted by Crippen LogP contribution is 2.14. The van der Waals surface area contributed by atoms with Crippen LogP contribution in [-0.2, 0) is 16.4 Å². The molecule has 2 aromatic rings. The van der Waals surface area contributed by atoms with E-state index in [4.69, 9.17) is 0 Å². The number of anilines is 1. The quantitative estimate of drug-likeness (QED) is 0.941. The summed E-state index contributed by atoms with van der Waals surface area (Å²) in [6.45, 7) is 0.250. The van der Waals surface area contributed by atoms with Crippen molar-refractivity contribution in [3.8, 4) is 0 Å². The van der Waals surface area contributed by atoms with Gasteiger partial charge in [0.25, 0.3) is 0 Å². The number of hydrogen-bond acceptors (Lipinski definition) is 4. The second-order valence-electron chi connectivity index (χ2n) is 4.25. The van der Waals surface area contributed by atoms with Gasteiger partial charge in [0.2, 0.25) is 0 Å². The summed E-state index contributed by atoms with van der Waals surface area (Å²) in [4.78, 5) is 3.81. The molecule has 0 saturated carbocycles. The van der Waals surface area contributed by atoms with Crippen molar-refractivity contribution in [2.75, 3.05) is 11.6 Å². The molecule has 1 aromatic heterocycles. The van der Waals surface area contributed by atoms with Crippen LogP contribution in [0.1, 0.15) is 5.56 Å². The molecule has 0 amide bonds. The first kappa shape index (κ1) is 14.4. The first-order valence-corrected chi connectivity index (χ1v) is 7.59. The third-order valence-electron chi connectivity index (χ3n) is 2.62. The van der Waals surface area contributed by atoms with Crippen molar-refractivity contribution < 1.29 is 17.2 Å². The zero-order valence-electron chi connectivity index (χ0n) is 10.6. The van der Waals surface area contributed by atoms with Crippen molar-refractivity contribution in [2.24, 2.45) is 0 Å². The van der Waals surface area contributed by atoms with Crippen LogP contribution in [0.25, 0.3) is 0 Å². The minimum atomic E-state index is -3.23. The molecule has 0 aliphatic carbocycles. The Kier molecular flexibility index (Phi) is 3.99. The summed E-state index contributed by atoms with van der Waals surface area (Å²) in [6, 6.07) is 6.92. The summed E-state index contributed by atoms with van der Waals surface area (Å²) in [5, 5.41) is 2.71. The van der Waals surface area contributed by atoms with Gasteiger partial charge in [-0.3, -0.25) is 0 Å². The van der Waals surface area contributed by atoms with Gasteiger partial charge in [0, 0.05) is 18.9 Å². The van der Waals surface area contributed by atoms with E-state index in [0.717, 1.165) is 24.1 Å². The zero-order valence-corrected chi connectivity index (χ0v) is 11.4. The third-order valence-corrected chi connectivity index (χ3v) is 3.75. The lowest BCUT2D eigenvalue weighted by Crippen LogP contribution is -2.04. The molecule has 2 rings (SSSR count). The van der Waals surface area contributed by atoms with Crippen LogP contribution in [0.5, 0.6) is 0 Å². The van der Waals surface area contributed by atoms with Crippen molar-refractivity contribution in [2.45, 2.75) is 11.4 Å². The molecule has 0 spiro atoms. The predicted molar refractivity (Wildman–Crippen MR) is 71.0 cm³/mol. The van der Waals surface area contributed by atoms with Gasteiger partial charge in [-0.2, -0.15) is 0 Å². The number of pyridine rings is 1. The summed E-state index contributed by atoms with van der Waals surface area (Å²) >= 11 is 0. The van der Waals surface area contributed by atoms with E-state index in [1.54, 1.807) is 12.1 Å². The fourth-order valence-electron chi connectivity index (χ4n) is 1.58. The maximum absolute atomic E-state index is 13.3. The number of benzene rings is 1. The van der Waals surface area contributed by atoms with E-state index in [1.165, 1.54) is 12.1 Å². The molecule has 1 N–H and O–H groups in total. The second kappa shape index (κ2) is 5.54. The minimum absolute atomic E-state index is 0.0569. The average Bonchev–Trinajstić information content (AvgIpc) is 2.37. The second-order valence-corrected chi connectivity index (χ2v) is 6.27. The SMILES string of the molecule is CS(=O)(=O)c1ccc(CNc2ncc(F)cc2F)cc1. The lowest BCUT2D eigenvalue weighted by atomic mass is 10.2. The average molecular weight is 298 g/mol. The summed E-state index contributed by atoms with van der Waals surface area (Å²) in [7, 11) is -3.23. The molecule has 0 atom stereocenters. The Morgan fingerprint density at radius 1 is 1.20 bits per heavy atom.